The van der Waals surface area contributed by atoms with Gasteiger partial charge in [-0.1, -0.05) is 19.2 Å². The van der Waals surface area contributed by atoms with Gasteiger partial charge < -0.3 is 23.7 Å². The number of nitrogens with zero attached hydrogens (tertiary/aromatic N) is 4. The molecule has 13 heteroatoms. The van der Waals surface area contributed by atoms with Crippen LogP contribution in [0.1, 0.15) is 32.8 Å². The van der Waals surface area contributed by atoms with Crippen molar-refractivity contribution in [2.75, 3.05) is 19.7 Å². The molecule has 0 saturated carbocycles. The van der Waals surface area contributed by atoms with Crippen molar-refractivity contribution in [3.63, 3.8) is 0 Å². The number of pyridine rings is 1. The number of nitro groups is 1. The third-order valence-electron chi connectivity index (χ3n) is 6.40. The molecule has 0 N–H and O–H groups in total. The van der Waals surface area contributed by atoms with E-state index in [1.807, 2.05) is 37.6 Å². The largest absolute Gasteiger partial charge is 0.450 e. The smallest absolute Gasteiger partial charge is 0.410 e. The summed E-state index contributed by atoms with van der Waals surface area (Å²) in [6.45, 7) is 11.4. The fourth-order valence-corrected chi connectivity index (χ4v) is 5.00. The van der Waals surface area contributed by atoms with Gasteiger partial charge in [0.15, 0.2) is 17.4 Å². The van der Waals surface area contributed by atoms with Crippen LogP contribution in [0.15, 0.2) is 36.7 Å². The number of halogens is 2. The molecule has 0 unspecified atom stereocenters. The third-order valence-corrected chi connectivity index (χ3v) is 7.79. The molecule has 10 nitrogen and oxygen atoms in total. The lowest BCUT2D eigenvalue weighted by Gasteiger charge is -2.29. The highest BCUT2D eigenvalue weighted by Gasteiger charge is 2.27. The Labute approximate surface area is 238 Å². The Morgan fingerprint density at radius 3 is 2.51 bits per heavy atom. The summed E-state index contributed by atoms with van der Waals surface area (Å²) < 4.78 is 48.5. The zero-order chi connectivity index (χ0) is 29.9. The monoisotopic (exact) mass is 588 g/mol. The van der Waals surface area contributed by atoms with E-state index in [1.165, 1.54) is 12.3 Å². The average molecular weight is 589 g/mol. The molecular formula is C28H34F2N4O6Si. The van der Waals surface area contributed by atoms with Gasteiger partial charge >= 0.3 is 6.09 Å². The fraction of sp³-hybridized carbons (Fsp3) is 0.429. The van der Waals surface area contributed by atoms with Gasteiger partial charge in [-0.25, -0.2) is 18.6 Å². The summed E-state index contributed by atoms with van der Waals surface area (Å²) >= 11 is 0. The van der Waals surface area contributed by atoms with Crippen LogP contribution in [0.3, 0.4) is 0 Å². The van der Waals surface area contributed by atoms with Crippen molar-refractivity contribution in [3.05, 3.63) is 64.0 Å². The number of hydrogen-bond donors (Lipinski definition) is 0. The molecule has 41 heavy (non-hydrogen) atoms. The predicted octanol–water partition coefficient (Wildman–Crippen LogP) is 6.50. The van der Waals surface area contributed by atoms with Gasteiger partial charge in [0, 0.05) is 46.5 Å². The van der Waals surface area contributed by atoms with Crippen molar-refractivity contribution < 1.29 is 32.7 Å². The van der Waals surface area contributed by atoms with Gasteiger partial charge in [0.05, 0.1) is 22.4 Å². The Hall–Kier alpha value is -3.84. The maximum absolute atomic E-state index is 14.8. The van der Waals surface area contributed by atoms with Gasteiger partial charge in [-0.05, 0) is 44.9 Å². The predicted molar refractivity (Wildman–Crippen MR) is 153 cm³/mol. The first-order chi connectivity index (χ1) is 19.3. The summed E-state index contributed by atoms with van der Waals surface area (Å²) in [7, 11) is -0.795. The second kappa shape index (κ2) is 12.3. The molecule has 0 fully saturated rings. The summed E-state index contributed by atoms with van der Waals surface area (Å²) in [6, 6.07) is 3.73. The zero-order valence-corrected chi connectivity index (χ0v) is 24.9. The first-order valence-electron chi connectivity index (χ1n) is 13.4. The standard InChI is InChI=1S/C28H34F2N4O6Si/c1-28(2,3)40-27(35)32-10-7-18(8-11-32)20-16-33(17-38-12-13-41(4)5)26-24(20)23(6-9-31-26)39-25-21(29)14-19(34(36)37)15-22(25)30/h6-7,9,14-16,41H,8,10-13,17H2,1-5H3. The number of nitro benzene ring substituents is 1. The topological polar surface area (TPSA) is 109 Å². The first-order valence-corrected chi connectivity index (χ1v) is 16.5. The maximum atomic E-state index is 14.8. The highest BCUT2D eigenvalue weighted by atomic mass is 28.3. The number of hydrogen-bond acceptors (Lipinski definition) is 7. The fourth-order valence-electron chi connectivity index (χ4n) is 4.36. The lowest BCUT2D eigenvalue weighted by molar-refractivity contribution is -0.385. The van der Waals surface area contributed by atoms with Crippen LogP contribution in [-0.4, -0.2) is 59.6 Å². The highest BCUT2D eigenvalue weighted by molar-refractivity contribution is 6.55. The molecule has 0 aliphatic carbocycles. The molecule has 0 saturated heterocycles. The minimum atomic E-state index is -1.20. The van der Waals surface area contributed by atoms with E-state index < -0.39 is 48.5 Å². The third kappa shape index (κ3) is 7.27. The van der Waals surface area contributed by atoms with Gasteiger partial charge in [0.25, 0.3) is 5.69 Å². The SMILES string of the molecule is C[SiH](C)CCOCn1cc(C2=CCN(C(=O)OC(C)(C)C)CC2)c2c(Oc3c(F)cc([N+](=O)[O-])cc3F)ccnc21. The van der Waals surface area contributed by atoms with E-state index in [0.29, 0.717) is 49.3 Å². The molecule has 220 valence electrons. The lowest BCUT2D eigenvalue weighted by Crippen LogP contribution is -2.39. The number of non-ortho nitro benzene ring substituents is 1. The number of benzene rings is 1. The Morgan fingerprint density at radius 2 is 1.93 bits per heavy atom. The van der Waals surface area contributed by atoms with Crippen molar-refractivity contribution in [3.8, 4) is 11.5 Å². The molecule has 1 aliphatic heterocycles. The van der Waals surface area contributed by atoms with Crippen LogP contribution >= 0.6 is 0 Å². The van der Waals surface area contributed by atoms with E-state index in [-0.39, 0.29) is 12.5 Å². The normalized spacial score (nSPS) is 14.0. The second-order valence-electron chi connectivity index (χ2n) is 11.2. The van der Waals surface area contributed by atoms with Crippen LogP contribution in [0.25, 0.3) is 16.6 Å². The molecule has 0 atom stereocenters. The molecule has 1 aromatic carbocycles. The molecule has 3 heterocycles. The molecule has 0 bridgehead atoms. The van der Waals surface area contributed by atoms with E-state index in [4.69, 9.17) is 14.2 Å². The van der Waals surface area contributed by atoms with E-state index in [2.05, 4.69) is 18.1 Å². The summed E-state index contributed by atoms with van der Waals surface area (Å²) in [6.07, 6.45) is 5.30. The number of fused-ring (bicyclic) bond motifs is 1. The number of amides is 1. The average Bonchev–Trinajstić information content (AvgIpc) is 3.27. The van der Waals surface area contributed by atoms with Crippen molar-refractivity contribution in [1.82, 2.24) is 14.5 Å². The van der Waals surface area contributed by atoms with Crippen molar-refractivity contribution in [2.45, 2.75) is 58.7 Å². The molecule has 3 aromatic rings. The van der Waals surface area contributed by atoms with Crippen LogP contribution < -0.4 is 4.74 Å². The molecule has 1 amide bonds. The molecule has 0 radical (unpaired) electrons. The number of aromatic nitrogens is 2. The number of ether oxygens (including phenoxy) is 3. The van der Waals surface area contributed by atoms with Gasteiger partial charge in [0.1, 0.15) is 23.7 Å². The quantitative estimate of drug-likeness (QED) is 0.121. The van der Waals surface area contributed by atoms with Crippen molar-refractivity contribution in [2.24, 2.45) is 0 Å². The second-order valence-corrected chi connectivity index (χ2v) is 14.6. The maximum Gasteiger partial charge on any atom is 0.410 e. The summed E-state index contributed by atoms with van der Waals surface area (Å²) in [5.41, 5.74) is 0.759. The van der Waals surface area contributed by atoms with Crippen molar-refractivity contribution >= 4 is 37.2 Å². The first kappa shape index (κ1) is 30.1. The Bertz CT molecular complexity index is 1460. The zero-order valence-electron chi connectivity index (χ0n) is 23.8. The molecule has 4 rings (SSSR count). The Morgan fingerprint density at radius 1 is 1.22 bits per heavy atom. The van der Waals surface area contributed by atoms with E-state index in [9.17, 15) is 23.7 Å². The van der Waals surface area contributed by atoms with Crippen LogP contribution in [0.5, 0.6) is 11.5 Å². The van der Waals surface area contributed by atoms with Crippen LogP contribution in [0.2, 0.25) is 19.1 Å². The summed E-state index contributed by atoms with van der Waals surface area (Å²) in [5.74, 6) is -3.03. The number of carbonyl (C=O) groups excluding carboxylic acids is 1. The van der Waals surface area contributed by atoms with Crippen LogP contribution in [-0.2, 0) is 16.2 Å². The molecule has 0 spiro atoms. The molecule has 2 aromatic heterocycles. The van der Waals surface area contributed by atoms with Crippen LogP contribution in [0.4, 0.5) is 19.3 Å². The van der Waals surface area contributed by atoms with E-state index in [0.717, 1.165) is 17.2 Å². The van der Waals surface area contributed by atoms with E-state index >= 15 is 0 Å². The minimum Gasteiger partial charge on any atom is -0.450 e. The van der Waals surface area contributed by atoms with Gasteiger partial charge in [-0.2, -0.15) is 0 Å². The van der Waals surface area contributed by atoms with Crippen molar-refractivity contribution in [1.29, 1.82) is 0 Å². The Balaban J connectivity index is 1.72. The molecule has 1 aliphatic rings. The van der Waals surface area contributed by atoms with Gasteiger partial charge in [-0.15, -0.1) is 0 Å². The van der Waals surface area contributed by atoms with Crippen LogP contribution in [0, 0.1) is 21.7 Å². The lowest BCUT2D eigenvalue weighted by atomic mass is 9.99. The number of rotatable bonds is 9. The Kier molecular flexibility index (Phi) is 9.07. The number of carbonyl (C=O) groups is 1. The van der Waals surface area contributed by atoms with Gasteiger partial charge in [0.2, 0.25) is 0 Å². The highest BCUT2D eigenvalue weighted by Crippen LogP contribution is 2.39. The minimum absolute atomic E-state index is 0.125. The molecular weight excluding hydrogens is 554 g/mol. The summed E-state index contributed by atoms with van der Waals surface area (Å²) in [5, 5.41) is 11.5. The van der Waals surface area contributed by atoms with E-state index in [1.54, 1.807) is 4.90 Å². The van der Waals surface area contributed by atoms with Gasteiger partial charge in [-0.3, -0.25) is 10.1 Å². The summed E-state index contributed by atoms with van der Waals surface area (Å²) in [4.78, 5) is 28.8.